The Bertz CT molecular complexity index is 555. The number of aromatic amines is 1. The molecule has 7 nitrogen and oxygen atoms in total. The molecule has 0 amide bonds. The lowest BCUT2D eigenvalue weighted by atomic mass is 10.2. The van der Waals surface area contributed by atoms with Gasteiger partial charge in [-0.3, -0.25) is 14.7 Å². The maximum atomic E-state index is 5.90. The SMILES string of the molecule is CCCCOC1N=Cc2[nH]n(CCCN3CC4CCC(C3)O4)c2N1. The van der Waals surface area contributed by atoms with Gasteiger partial charge in [-0.1, -0.05) is 13.3 Å². The summed E-state index contributed by atoms with van der Waals surface area (Å²) in [6, 6.07) is 0. The molecule has 3 aliphatic heterocycles. The van der Waals surface area contributed by atoms with Crippen LogP contribution in [0.25, 0.3) is 0 Å². The molecule has 24 heavy (non-hydrogen) atoms. The average molecular weight is 335 g/mol. The van der Waals surface area contributed by atoms with Gasteiger partial charge in [0.05, 0.1) is 25.0 Å². The average Bonchev–Trinajstić information content (AvgIpc) is 2.92. The highest BCUT2D eigenvalue weighted by atomic mass is 16.5. The lowest BCUT2D eigenvalue weighted by molar-refractivity contribution is -0.0387. The molecule has 1 aromatic heterocycles. The number of ether oxygens (including phenoxy) is 2. The number of anilines is 1. The van der Waals surface area contributed by atoms with Crippen LogP contribution in [-0.4, -0.2) is 65.7 Å². The number of fused-ring (bicyclic) bond motifs is 3. The van der Waals surface area contributed by atoms with Crippen molar-refractivity contribution in [2.24, 2.45) is 4.99 Å². The third kappa shape index (κ3) is 3.53. The number of hydrogen-bond donors (Lipinski definition) is 2. The number of likely N-dealkylation sites (tertiary alicyclic amines) is 1. The first-order valence-electron chi connectivity index (χ1n) is 9.39. The van der Waals surface area contributed by atoms with Crippen molar-refractivity contribution in [2.45, 2.75) is 64.1 Å². The van der Waals surface area contributed by atoms with Crippen LogP contribution in [0.1, 0.15) is 44.7 Å². The Kier molecular flexibility index (Phi) is 4.91. The fourth-order valence-corrected chi connectivity index (χ4v) is 3.81. The lowest BCUT2D eigenvalue weighted by Crippen LogP contribution is -2.43. The summed E-state index contributed by atoms with van der Waals surface area (Å²) < 4.78 is 13.8. The molecule has 3 atom stereocenters. The summed E-state index contributed by atoms with van der Waals surface area (Å²) in [6.07, 6.45) is 8.44. The number of H-pyrrole nitrogens is 1. The van der Waals surface area contributed by atoms with Gasteiger partial charge in [0.15, 0.2) is 5.82 Å². The van der Waals surface area contributed by atoms with Crippen LogP contribution in [0, 0.1) is 0 Å². The van der Waals surface area contributed by atoms with Gasteiger partial charge in [-0.15, -0.1) is 0 Å². The van der Waals surface area contributed by atoms with E-state index in [9.17, 15) is 0 Å². The molecular weight excluding hydrogens is 306 g/mol. The fraction of sp³-hybridized carbons (Fsp3) is 0.824. The summed E-state index contributed by atoms with van der Waals surface area (Å²) in [5.74, 6) is 1.12. The van der Waals surface area contributed by atoms with E-state index < -0.39 is 0 Å². The predicted octanol–water partition coefficient (Wildman–Crippen LogP) is 2.01. The van der Waals surface area contributed by atoms with Crippen LogP contribution in [0.2, 0.25) is 0 Å². The normalized spacial score (nSPS) is 29.0. The maximum absolute atomic E-state index is 5.90. The zero-order valence-corrected chi connectivity index (χ0v) is 14.5. The zero-order chi connectivity index (χ0) is 16.4. The minimum Gasteiger partial charge on any atom is -0.372 e. The minimum atomic E-state index is -0.241. The van der Waals surface area contributed by atoms with E-state index in [-0.39, 0.29) is 6.35 Å². The Hall–Kier alpha value is -1.31. The van der Waals surface area contributed by atoms with Gasteiger partial charge in [0.2, 0.25) is 6.35 Å². The first-order valence-corrected chi connectivity index (χ1v) is 9.39. The van der Waals surface area contributed by atoms with E-state index in [2.05, 4.69) is 31.9 Å². The molecule has 7 heteroatoms. The molecule has 2 saturated heterocycles. The van der Waals surface area contributed by atoms with Crippen molar-refractivity contribution < 1.29 is 9.47 Å². The molecule has 2 fully saturated rings. The smallest absolute Gasteiger partial charge is 0.226 e. The molecular formula is C17H29N5O2. The summed E-state index contributed by atoms with van der Waals surface area (Å²) in [7, 11) is 0. The van der Waals surface area contributed by atoms with Crippen LogP contribution in [-0.2, 0) is 16.0 Å². The number of aliphatic imine (C=N–C) groups is 1. The van der Waals surface area contributed by atoms with E-state index in [1.54, 1.807) is 0 Å². The molecule has 0 saturated carbocycles. The second-order valence-corrected chi connectivity index (χ2v) is 7.10. The standard InChI is InChI=1S/C17H29N5O2/c1-2-3-9-23-17-18-10-15-16(19-17)22(20-15)8-4-7-21-11-13-5-6-14(12-21)24-13/h10,13-14,17,19-20H,2-9,11-12H2,1H3. The van der Waals surface area contributed by atoms with Gasteiger partial charge in [0.25, 0.3) is 0 Å². The van der Waals surface area contributed by atoms with Crippen LogP contribution in [0.5, 0.6) is 0 Å². The maximum Gasteiger partial charge on any atom is 0.226 e. The van der Waals surface area contributed by atoms with Gasteiger partial charge in [0.1, 0.15) is 5.69 Å². The van der Waals surface area contributed by atoms with Gasteiger partial charge in [-0.2, -0.15) is 0 Å². The van der Waals surface area contributed by atoms with Gasteiger partial charge < -0.3 is 14.8 Å². The van der Waals surface area contributed by atoms with E-state index in [0.29, 0.717) is 12.2 Å². The van der Waals surface area contributed by atoms with Gasteiger partial charge in [0, 0.05) is 26.2 Å². The van der Waals surface area contributed by atoms with Gasteiger partial charge in [-0.05, 0) is 25.7 Å². The van der Waals surface area contributed by atoms with Crippen molar-refractivity contribution in [1.29, 1.82) is 0 Å². The Morgan fingerprint density at radius 2 is 2.08 bits per heavy atom. The number of hydrogen-bond acceptors (Lipinski definition) is 5. The summed E-state index contributed by atoms with van der Waals surface area (Å²) in [5, 5.41) is 6.70. The van der Waals surface area contributed by atoms with E-state index in [0.717, 1.165) is 63.6 Å². The van der Waals surface area contributed by atoms with Crippen molar-refractivity contribution in [3.63, 3.8) is 0 Å². The monoisotopic (exact) mass is 335 g/mol. The second kappa shape index (κ2) is 7.29. The first-order chi connectivity index (χ1) is 11.8. The van der Waals surface area contributed by atoms with Crippen LogP contribution in [0.3, 0.4) is 0 Å². The highest BCUT2D eigenvalue weighted by Crippen LogP contribution is 2.26. The summed E-state index contributed by atoms with van der Waals surface area (Å²) in [6.45, 7) is 7.27. The third-order valence-electron chi connectivity index (χ3n) is 5.13. The summed E-state index contributed by atoms with van der Waals surface area (Å²) >= 11 is 0. The van der Waals surface area contributed by atoms with Crippen molar-refractivity contribution in [1.82, 2.24) is 14.7 Å². The second-order valence-electron chi connectivity index (χ2n) is 7.10. The predicted molar refractivity (Wildman–Crippen MR) is 93.6 cm³/mol. The molecule has 4 rings (SSSR count). The molecule has 0 spiro atoms. The third-order valence-corrected chi connectivity index (χ3v) is 5.13. The molecule has 3 aliphatic rings. The summed E-state index contributed by atoms with van der Waals surface area (Å²) in [5.41, 5.74) is 1.06. The Morgan fingerprint density at radius 1 is 1.25 bits per heavy atom. The number of unbranched alkanes of at least 4 members (excludes halogenated alkanes) is 1. The molecule has 3 unspecified atom stereocenters. The van der Waals surface area contributed by atoms with Gasteiger partial charge in [-0.25, -0.2) is 4.99 Å². The Balaban J connectivity index is 1.21. The number of rotatable bonds is 8. The number of aromatic nitrogens is 2. The summed E-state index contributed by atoms with van der Waals surface area (Å²) in [4.78, 5) is 6.93. The van der Waals surface area contributed by atoms with E-state index in [1.807, 2.05) is 6.21 Å². The molecule has 0 radical (unpaired) electrons. The van der Waals surface area contributed by atoms with E-state index >= 15 is 0 Å². The molecule has 1 aromatic rings. The van der Waals surface area contributed by atoms with Crippen molar-refractivity contribution >= 4 is 12.0 Å². The minimum absolute atomic E-state index is 0.241. The van der Waals surface area contributed by atoms with Gasteiger partial charge >= 0.3 is 0 Å². The highest BCUT2D eigenvalue weighted by Gasteiger charge is 2.33. The zero-order valence-electron chi connectivity index (χ0n) is 14.5. The molecule has 2 N–H and O–H groups in total. The first kappa shape index (κ1) is 16.2. The number of aryl methyl sites for hydroxylation is 1. The quantitative estimate of drug-likeness (QED) is 0.713. The number of nitrogens with one attached hydrogen (secondary N) is 2. The Labute approximate surface area is 143 Å². The number of morpholine rings is 1. The van der Waals surface area contributed by atoms with Crippen LogP contribution >= 0.6 is 0 Å². The topological polar surface area (TPSA) is 66.8 Å². The van der Waals surface area contributed by atoms with Crippen LogP contribution < -0.4 is 5.32 Å². The Morgan fingerprint density at radius 3 is 2.88 bits per heavy atom. The number of nitrogens with zero attached hydrogens (tertiary/aromatic N) is 3. The largest absolute Gasteiger partial charge is 0.372 e. The van der Waals surface area contributed by atoms with Crippen LogP contribution in [0.15, 0.2) is 4.99 Å². The lowest BCUT2D eigenvalue weighted by Gasteiger charge is -2.33. The van der Waals surface area contributed by atoms with Crippen molar-refractivity contribution in [3.8, 4) is 0 Å². The van der Waals surface area contributed by atoms with Crippen molar-refractivity contribution in [2.75, 3.05) is 31.6 Å². The highest BCUT2D eigenvalue weighted by molar-refractivity contribution is 5.86. The van der Waals surface area contributed by atoms with Crippen LogP contribution in [0.4, 0.5) is 5.82 Å². The molecule has 2 bridgehead atoms. The molecule has 0 aromatic carbocycles. The van der Waals surface area contributed by atoms with E-state index in [4.69, 9.17) is 9.47 Å². The van der Waals surface area contributed by atoms with E-state index in [1.165, 1.54) is 12.8 Å². The molecule has 134 valence electrons. The fourth-order valence-electron chi connectivity index (χ4n) is 3.81. The molecule has 4 heterocycles. The molecule has 0 aliphatic carbocycles. The van der Waals surface area contributed by atoms with Crippen molar-refractivity contribution in [3.05, 3.63) is 5.69 Å².